The summed E-state index contributed by atoms with van der Waals surface area (Å²) in [5.74, 6) is -2.26. The quantitative estimate of drug-likeness (QED) is 0.237. The third-order valence-electron chi connectivity index (χ3n) is 4.34. The van der Waals surface area contributed by atoms with E-state index in [1.807, 2.05) is 0 Å². The molecule has 1 atom stereocenters. The molecule has 0 aliphatic carbocycles. The first-order valence-electron chi connectivity index (χ1n) is 9.36. The van der Waals surface area contributed by atoms with Crippen molar-refractivity contribution in [1.29, 1.82) is 0 Å². The van der Waals surface area contributed by atoms with Crippen molar-refractivity contribution in [2.45, 2.75) is 20.0 Å². The summed E-state index contributed by atoms with van der Waals surface area (Å²) in [6.45, 7) is 3.12. The standard InChI is InChI=1S/C21H19N3O7/c1-3-30-21(27)13(2)31-18-14(8-7-11-17(18)24(28)29)12-16-19(25)22-23(20(16)26)15-9-5-4-6-10-15/h4-13H,3H2,1-2H3,(H,22,25)/b16-12-/t13-/m1/s1. The number of carbonyl (C=O) groups is 3. The van der Waals surface area contributed by atoms with E-state index >= 15 is 0 Å². The number of amides is 2. The number of nitro benzene ring substituents is 1. The van der Waals surface area contributed by atoms with Gasteiger partial charge in [-0.05, 0) is 32.1 Å². The van der Waals surface area contributed by atoms with E-state index < -0.39 is 34.5 Å². The molecule has 10 heteroatoms. The number of nitrogens with zero attached hydrogens (tertiary/aromatic N) is 2. The highest BCUT2D eigenvalue weighted by Crippen LogP contribution is 2.34. The van der Waals surface area contributed by atoms with Crippen LogP contribution in [0.25, 0.3) is 6.08 Å². The molecule has 0 saturated carbocycles. The Hall–Kier alpha value is -4.21. The number of carbonyl (C=O) groups excluding carboxylic acids is 3. The molecule has 1 saturated heterocycles. The van der Waals surface area contributed by atoms with Crippen molar-refractivity contribution < 1.29 is 28.8 Å². The molecular formula is C21H19N3O7. The number of benzene rings is 2. The van der Waals surface area contributed by atoms with Crippen LogP contribution >= 0.6 is 0 Å². The predicted octanol–water partition coefficient (Wildman–Crippen LogP) is 2.39. The lowest BCUT2D eigenvalue weighted by molar-refractivity contribution is -0.386. The second-order valence-electron chi connectivity index (χ2n) is 6.44. The Kier molecular flexibility index (Phi) is 6.29. The maximum Gasteiger partial charge on any atom is 0.347 e. The lowest BCUT2D eigenvalue weighted by Crippen LogP contribution is -2.35. The monoisotopic (exact) mass is 425 g/mol. The van der Waals surface area contributed by atoms with Gasteiger partial charge in [0.2, 0.25) is 5.75 Å². The van der Waals surface area contributed by atoms with Crippen LogP contribution in [0.5, 0.6) is 5.75 Å². The van der Waals surface area contributed by atoms with Gasteiger partial charge in [0.25, 0.3) is 11.8 Å². The lowest BCUT2D eigenvalue weighted by atomic mass is 10.1. The van der Waals surface area contributed by atoms with Crippen molar-refractivity contribution in [3.8, 4) is 5.75 Å². The number of rotatable bonds is 7. The summed E-state index contributed by atoms with van der Waals surface area (Å²) in [5.41, 5.74) is 2.34. The number of esters is 1. The second-order valence-corrected chi connectivity index (χ2v) is 6.44. The highest BCUT2D eigenvalue weighted by molar-refractivity contribution is 6.31. The summed E-state index contributed by atoms with van der Waals surface area (Å²) in [7, 11) is 0. The van der Waals surface area contributed by atoms with Gasteiger partial charge in [-0.15, -0.1) is 0 Å². The molecule has 2 amide bonds. The number of para-hydroxylation sites is 2. The Morgan fingerprint density at radius 3 is 2.55 bits per heavy atom. The van der Waals surface area contributed by atoms with E-state index in [0.29, 0.717) is 5.69 Å². The van der Waals surface area contributed by atoms with E-state index in [2.05, 4.69) is 5.43 Å². The molecular weight excluding hydrogens is 406 g/mol. The lowest BCUT2D eigenvalue weighted by Gasteiger charge is -2.15. The molecule has 0 radical (unpaired) electrons. The molecule has 10 nitrogen and oxygen atoms in total. The van der Waals surface area contributed by atoms with Gasteiger partial charge in [-0.25, -0.2) is 9.80 Å². The topological polar surface area (TPSA) is 128 Å². The van der Waals surface area contributed by atoms with Gasteiger partial charge in [-0.3, -0.25) is 25.1 Å². The van der Waals surface area contributed by atoms with Crippen LogP contribution in [0.3, 0.4) is 0 Å². The highest BCUT2D eigenvalue weighted by atomic mass is 16.6. The molecule has 2 aromatic carbocycles. The fourth-order valence-corrected chi connectivity index (χ4v) is 2.88. The van der Waals surface area contributed by atoms with Crippen LogP contribution in [0.1, 0.15) is 19.4 Å². The zero-order chi connectivity index (χ0) is 22.5. The molecule has 31 heavy (non-hydrogen) atoms. The summed E-state index contributed by atoms with van der Waals surface area (Å²) >= 11 is 0. The minimum atomic E-state index is -1.15. The Morgan fingerprint density at radius 1 is 1.19 bits per heavy atom. The van der Waals surface area contributed by atoms with Gasteiger partial charge in [-0.2, -0.15) is 0 Å². The Bertz CT molecular complexity index is 1070. The average molecular weight is 425 g/mol. The Labute approximate surface area is 177 Å². The van der Waals surface area contributed by atoms with Crippen LogP contribution in [0.2, 0.25) is 0 Å². The molecule has 0 aromatic heterocycles. The van der Waals surface area contributed by atoms with Crippen LogP contribution in [0.15, 0.2) is 54.1 Å². The van der Waals surface area contributed by atoms with Gasteiger partial charge in [0, 0.05) is 11.6 Å². The first-order valence-corrected chi connectivity index (χ1v) is 9.36. The predicted molar refractivity (Wildman–Crippen MR) is 110 cm³/mol. The summed E-state index contributed by atoms with van der Waals surface area (Å²) in [6.07, 6.45) is 0.0491. The van der Waals surface area contributed by atoms with Gasteiger partial charge in [0.05, 0.1) is 17.2 Å². The molecule has 1 N–H and O–H groups in total. The van der Waals surface area contributed by atoms with Crippen molar-refractivity contribution in [3.05, 3.63) is 69.8 Å². The molecule has 3 rings (SSSR count). The maximum atomic E-state index is 12.8. The largest absolute Gasteiger partial charge is 0.471 e. The van der Waals surface area contributed by atoms with Crippen molar-refractivity contribution in [1.82, 2.24) is 5.43 Å². The zero-order valence-electron chi connectivity index (χ0n) is 16.7. The average Bonchev–Trinajstić information content (AvgIpc) is 3.03. The SMILES string of the molecule is CCOC(=O)[C@@H](C)Oc1c(/C=C2/C(=O)NN(c3ccccc3)C2=O)cccc1[N+](=O)[O-]. The maximum absolute atomic E-state index is 12.8. The first kappa shape index (κ1) is 21.5. The van der Waals surface area contributed by atoms with E-state index in [4.69, 9.17) is 9.47 Å². The number of hydrogen-bond acceptors (Lipinski definition) is 7. The molecule has 0 spiro atoms. The number of nitrogens with one attached hydrogen (secondary N) is 1. The van der Waals surface area contributed by atoms with E-state index in [0.717, 1.165) is 5.01 Å². The fourth-order valence-electron chi connectivity index (χ4n) is 2.88. The number of anilines is 1. The smallest absolute Gasteiger partial charge is 0.347 e. The van der Waals surface area contributed by atoms with Gasteiger partial charge >= 0.3 is 11.7 Å². The molecule has 2 aromatic rings. The number of hydrazine groups is 1. The second kappa shape index (κ2) is 9.08. The third-order valence-corrected chi connectivity index (χ3v) is 4.34. The van der Waals surface area contributed by atoms with Gasteiger partial charge < -0.3 is 9.47 Å². The van der Waals surface area contributed by atoms with Crippen LogP contribution in [0.4, 0.5) is 11.4 Å². The molecule has 0 bridgehead atoms. The van der Waals surface area contributed by atoms with Gasteiger partial charge in [0.15, 0.2) is 6.10 Å². The van der Waals surface area contributed by atoms with E-state index in [-0.39, 0.29) is 23.5 Å². The highest BCUT2D eigenvalue weighted by Gasteiger charge is 2.35. The minimum absolute atomic E-state index is 0.0961. The van der Waals surface area contributed by atoms with E-state index in [1.165, 1.54) is 31.2 Å². The van der Waals surface area contributed by atoms with Crippen LogP contribution < -0.4 is 15.2 Å². The number of nitro groups is 1. The molecule has 1 heterocycles. The minimum Gasteiger partial charge on any atom is -0.471 e. The fraction of sp³-hybridized carbons (Fsp3) is 0.190. The third kappa shape index (κ3) is 4.53. The van der Waals surface area contributed by atoms with Gasteiger partial charge in [0.1, 0.15) is 5.57 Å². The zero-order valence-corrected chi connectivity index (χ0v) is 16.7. The molecule has 0 unspecified atom stereocenters. The normalized spacial score (nSPS) is 15.5. The molecule has 1 aliphatic heterocycles. The summed E-state index contributed by atoms with van der Waals surface area (Å²) in [4.78, 5) is 48.0. The van der Waals surface area contributed by atoms with E-state index in [9.17, 15) is 24.5 Å². The van der Waals surface area contributed by atoms with Crippen molar-refractivity contribution in [2.24, 2.45) is 0 Å². The van der Waals surface area contributed by atoms with Crippen LogP contribution in [-0.2, 0) is 19.1 Å². The number of hydrogen-bond donors (Lipinski definition) is 1. The summed E-state index contributed by atoms with van der Waals surface area (Å²) in [5, 5.41) is 12.6. The van der Waals surface area contributed by atoms with Crippen molar-refractivity contribution in [2.75, 3.05) is 11.6 Å². The Balaban J connectivity index is 2.00. The van der Waals surface area contributed by atoms with Crippen molar-refractivity contribution >= 4 is 35.2 Å². The molecule has 160 valence electrons. The molecule has 1 fully saturated rings. The van der Waals surface area contributed by atoms with Crippen molar-refractivity contribution in [3.63, 3.8) is 0 Å². The van der Waals surface area contributed by atoms with Crippen LogP contribution in [-0.4, -0.2) is 35.4 Å². The molecule has 1 aliphatic rings. The summed E-state index contributed by atoms with van der Waals surface area (Å²) in [6, 6.07) is 12.5. The van der Waals surface area contributed by atoms with E-state index in [1.54, 1.807) is 37.3 Å². The van der Waals surface area contributed by atoms with Crippen LogP contribution in [0, 0.1) is 10.1 Å². The van der Waals surface area contributed by atoms with Gasteiger partial charge in [-0.1, -0.05) is 30.3 Å². The summed E-state index contributed by atoms with van der Waals surface area (Å²) < 4.78 is 10.4. The first-order chi connectivity index (χ1) is 14.8. The Morgan fingerprint density at radius 2 is 1.90 bits per heavy atom. The number of ether oxygens (including phenoxy) is 2.